The second kappa shape index (κ2) is 6.98. The molecule has 104 valence electrons. The predicted molar refractivity (Wildman–Crippen MR) is 78.5 cm³/mol. The molecule has 0 spiro atoms. The molecule has 1 atom stereocenters. The van der Waals surface area contributed by atoms with Crippen molar-refractivity contribution in [1.82, 2.24) is 0 Å². The Morgan fingerprint density at radius 3 is 2.25 bits per heavy atom. The zero-order valence-corrected chi connectivity index (χ0v) is 11.5. The number of aliphatic hydroxyl groups is 1. The maximum Gasteiger partial charge on any atom is 0.167 e. The maximum atomic E-state index is 11.9. The highest BCUT2D eigenvalue weighted by molar-refractivity contribution is 5.96. The summed E-state index contributed by atoms with van der Waals surface area (Å²) in [5, 5.41) is 9.47. The van der Waals surface area contributed by atoms with Crippen LogP contribution in [0.25, 0.3) is 11.1 Å². The maximum absolute atomic E-state index is 11.9. The minimum Gasteiger partial charge on any atom is -0.368 e. The largest absolute Gasteiger partial charge is 0.368 e. The Bertz CT molecular complexity index is 546. The molecule has 2 rings (SSSR count). The minimum absolute atomic E-state index is 0.0154. The lowest BCUT2D eigenvalue weighted by Gasteiger charge is -2.09. The molecule has 0 aliphatic rings. The van der Waals surface area contributed by atoms with Gasteiger partial charge in [0.25, 0.3) is 0 Å². The Hall–Kier alpha value is -1.97. The number of carbonyl (C=O) groups is 1. The van der Waals surface area contributed by atoms with Gasteiger partial charge in [-0.3, -0.25) is 4.79 Å². The van der Waals surface area contributed by atoms with E-state index in [4.69, 9.17) is 4.74 Å². The van der Waals surface area contributed by atoms with Crippen LogP contribution in [0.4, 0.5) is 0 Å². The highest BCUT2D eigenvalue weighted by atomic mass is 16.6. The standard InChI is InChI=1S/C17H18O3/c1-2-20-17(19)12-16(18)15-10-8-14(9-11-15)13-6-4-3-5-7-13/h3-11,17,19H,2,12H2,1H3. The van der Waals surface area contributed by atoms with Crippen LogP contribution in [-0.2, 0) is 4.74 Å². The Morgan fingerprint density at radius 2 is 1.65 bits per heavy atom. The summed E-state index contributed by atoms with van der Waals surface area (Å²) in [5.74, 6) is -0.120. The molecule has 1 N–H and O–H groups in total. The number of carbonyl (C=O) groups excluding carboxylic acids is 1. The van der Waals surface area contributed by atoms with Crippen molar-refractivity contribution in [3.8, 4) is 11.1 Å². The number of hydrogen-bond acceptors (Lipinski definition) is 3. The molecule has 0 radical (unpaired) electrons. The number of ether oxygens (including phenoxy) is 1. The summed E-state index contributed by atoms with van der Waals surface area (Å²) >= 11 is 0. The molecule has 0 saturated heterocycles. The number of aliphatic hydroxyl groups excluding tert-OH is 1. The van der Waals surface area contributed by atoms with E-state index in [0.29, 0.717) is 12.2 Å². The molecule has 3 heteroatoms. The molecule has 2 aromatic carbocycles. The average Bonchev–Trinajstić information content (AvgIpc) is 2.48. The third-order valence-corrected chi connectivity index (χ3v) is 3.03. The molecule has 0 aromatic heterocycles. The van der Waals surface area contributed by atoms with Crippen molar-refractivity contribution in [3.05, 3.63) is 60.2 Å². The molecule has 0 aliphatic carbocycles. The average molecular weight is 270 g/mol. The van der Waals surface area contributed by atoms with Crippen molar-refractivity contribution in [2.24, 2.45) is 0 Å². The van der Waals surface area contributed by atoms with E-state index in [1.54, 1.807) is 19.1 Å². The third kappa shape index (κ3) is 3.76. The van der Waals surface area contributed by atoms with Gasteiger partial charge < -0.3 is 9.84 Å². The summed E-state index contributed by atoms with van der Waals surface area (Å²) in [6.07, 6.45) is -1.04. The number of hydrogen-bond donors (Lipinski definition) is 1. The SMILES string of the molecule is CCOC(O)CC(=O)c1ccc(-c2ccccc2)cc1. The molecule has 0 bridgehead atoms. The topological polar surface area (TPSA) is 46.5 Å². The fourth-order valence-electron chi connectivity index (χ4n) is 2.01. The number of rotatable bonds is 6. The smallest absolute Gasteiger partial charge is 0.167 e. The Balaban J connectivity index is 2.07. The lowest BCUT2D eigenvalue weighted by atomic mass is 10.0. The van der Waals surface area contributed by atoms with Gasteiger partial charge in [0, 0.05) is 12.2 Å². The Labute approximate surface area is 118 Å². The minimum atomic E-state index is -1.03. The van der Waals surface area contributed by atoms with Crippen LogP contribution in [0.15, 0.2) is 54.6 Å². The number of Topliss-reactive ketones (excluding diaryl/α,β-unsaturated/α-hetero) is 1. The highest BCUT2D eigenvalue weighted by Crippen LogP contribution is 2.19. The monoisotopic (exact) mass is 270 g/mol. The van der Waals surface area contributed by atoms with Crippen LogP contribution in [-0.4, -0.2) is 23.8 Å². The second-order valence-corrected chi connectivity index (χ2v) is 4.48. The first kappa shape index (κ1) is 14.4. The lowest BCUT2D eigenvalue weighted by molar-refractivity contribution is -0.0919. The number of ketones is 1. The van der Waals surface area contributed by atoms with Gasteiger partial charge in [-0.15, -0.1) is 0 Å². The van der Waals surface area contributed by atoms with Crippen molar-refractivity contribution >= 4 is 5.78 Å². The summed E-state index contributed by atoms with van der Waals surface area (Å²) in [7, 11) is 0. The van der Waals surface area contributed by atoms with Crippen LogP contribution >= 0.6 is 0 Å². The first-order valence-corrected chi connectivity index (χ1v) is 6.69. The van der Waals surface area contributed by atoms with Crippen LogP contribution in [0.1, 0.15) is 23.7 Å². The first-order valence-electron chi connectivity index (χ1n) is 6.69. The molecule has 0 fully saturated rings. The van der Waals surface area contributed by atoms with Crippen molar-refractivity contribution in [3.63, 3.8) is 0 Å². The van der Waals surface area contributed by atoms with E-state index in [0.717, 1.165) is 11.1 Å². The summed E-state index contributed by atoms with van der Waals surface area (Å²) in [4.78, 5) is 11.9. The van der Waals surface area contributed by atoms with Gasteiger partial charge in [-0.2, -0.15) is 0 Å². The Morgan fingerprint density at radius 1 is 1.05 bits per heavy atom. The van der Waals surface area contributed by atoms with Crippen LogP contribution in [0.2, 0.25) is 0 Å². The quantitative estimate of drug-likeness (QED) is 0.647. The lowest BCUT2D eigenvalue weighted by Crippen LogP contribution is -2.17. The fraction of sp³-hybridized carbons (Fsp3) is 0.235. The summed E-state index contributed by atoms with van der Waals surface area (Å²) in [6, 6.07) is 17.4. The second-order valence-electron chi connectivity index (χ2n) is 4.48. The van der Waals surface area contributed by atoms with Gasteiger partial charge in [0.15, 0.2) is 12.1 Å². The summed E-state index contributed by atoms with van der Waals surface area (Å²) in [5.41, 5.74) is 2.76. The van der Waals surface area contributed by atoms with Crippen molar-refractivity contribution < 1.29 is 14.6 Å². The van der Waals surface area contributed by atoms with Gasteiger partial charge in [0.2, 0.25) is 0 Å². The molecule has 3 nitrogen and oxygen atoms in total. The first-order chi connectivity index (χ1) is 9.70. The van der Waals surface area contributed by atoms with Crippen LogP contribution < -0.4 is 0 Å². The fourth-order valence-corrected chi connectivity index (χ4v) is 2.01. The molecule has 1 unspecified atom stereocenters. The van der Waals surface area contributed by atoms with E-state index in [9.17, 15) is 9.90 Å². The summed E-state index contributed by atoms with van der Waals surface area (Å²) in [6.45, 7) is 2.17. The molecule has 0 heterocycles. The molecular weight excluding hydrogens is 252 g/mol. The third-order valence-electron chi connectivity index (χ3n) is 3.03. The van der Waals surface area contributed by atoms with E-state index in [1.807, 2.05) is 42.5 Å². The van der Waals surface area contributed by atoms with Crippen molar-refractivity contribution in [2.75, 3.05) is 6.61 Å². The molecular formula is C17H18O3. The molecule has 20 heavy (non-hydrogen) atoms. The molecule has 2 aromatic rings. The van der Waals surface area contributed by atoms with E-state index in [1.165, 1.54) is 0 Å². The highest BCUT2D eigenvalue weighted by Gasteiger charge is 2.12. The zero-order chi connectivity index (χ0) is 14.4. The van der Waals surface area contributed by atoms with Crippen LogP contribution in [0.5, 0.6) is 0 Å². The van der Waals surface area contributed by atoms with E-state index in [2.05, 4.69) is 0 Å². The number of benzene rings is 2. The predicted octanol–water partition coefficient (Wildman–Crippen LogP) is 3.28. The van der Waals surface area contributed by atoms with E-state index >= 15 is 0 Å². The van der Waals surface area contributed by atoms with Gasteiger partial charge in [0.1, 0.15) is 0 Å². The van der Waals surface area contributed by atoms with Crippen LogP contribution in [0.3, 0.4) is 0 Å². The summed E-state index contributed by atoms with van der Waals surface area (Å²) < 4.78 is 4.96. The normalized spacial score (nSPS) is 12.1. The van der Waals surface area contributed by atoms with Gasteiger partial charge in [-0.05, 0) is 18.1 Å². The molecule has 0 aliphatic heterocycles. The molecule has 0 saturated carbocycles. The van der Waals surface area contributed by atoms with Gasteiger partial charge in [-0.25, -0.2) is 0 Å². The van der Waals surface area contributed by atoms with Crippen molar-refractivity contribution in [2.45, 2.75) is 19.6 Å². The van der Waals surface area contributed by atoms with Crippen LogP contribution in [0, 0.1) is 0 Å². The van der Waals surface area contributed by atoms with E-state index in [-0.39, 0.29) is 12.2 Å². The van der Waals surface area contributed by atoms with E-state index < -0.39 is 6.29 Å². The Kier molecular flexibility index (Phi) is 5.04. The van der Waals surface area contributed by atoms with Gasteiger partial charge in [-0.1, -0.05) is 54.6 Å². The molecule has 0 amide bonds. The van der Waals surface area contributed by atoms with Gasteiger partial charge >= 0.3 is 0 Å². The van der Waals surface area contributed by atoms with Gasteiger partial charge in [0.05, 0.1) is 6.42 Å². The zero-order valence-electron chi connectivity index (χ0n) is 11.5. The van der Waals surface area contributed by atoms with Crippen molar-refractivity contribution in [1.29, 1.82) is 0 Å².